The molecule has 1 heterocycles. The molecule has 0 aliphatic heterocycles. The molecule has 0 unspecified atom stereocenters. The molecular formula is C16H21ClN4. The summed E-state index contributed by atoms with van der Waals surface area (Å²) >= 11 is 5.88. The number of rotatable bonds is 7. The zero-order valence-corrected chi connectivity index (χ0v) is 13.3. The van der Waals surface area contributed by atoms with Gasteiger partial charge in [0.25, 0.3) is 0 Å². The second-order valence-electron chi connectivity index (χ2n) is 4.76. The fraction of sp³-hybridized carbons (Fsp3) is 0.375. The van der Waals surface area contributed by atoms with Crippen molar-refractivity contribution in [2.24, 2.45) is 0 Å². The molecule has 0 fully saturated rings. The Kier molecular flexibility index (Phi) is 5.96. The summed E-state index contributed by atoms with van der Waals surface area (Å²) in [6, 6.07) is 11.5. The van der Waals surface area contributed by atoms with Gasteiger partial charge in [-0.1, -0.05) is 37.6 Å². The van der Waals surface area contributed by atoms with E-state index < -0.39 is 0 Å². The van der Waals surface area contributed by atoms with Crippen molar-refractivity contribution >= 4 is 17.4 Å². The van der Waals surface area contributed by atoms with Gasteiger partial charge in [0.2, 0.25) is 0 Å². The van der Waals surface area contributed by atoms with Crippen LogP contribution in [0.25, 0.3) is 11.3 Å². The highest BCUT2D eigenvalue weighted by Crippen LogP contribution is 2.19. The van der Waals surface area contributed by atoms with E-state index in [1.807, 2.05) is 36.4 Å². The molecule has 0 aliphatic carbocycles. The molecule has 0 amide bonds. The minimum Gasteiger partial charge on any atom is -0.367 e. The van der Waals surface area contributed by atoms with Crippen LogP contribution in [0.4, 0.5) is 5.82 Å². The van der Waals surface area contributed by atoms with Gasteiger partial charge in [0.1, 0.15) is 5.82 Å². The first-order valence-corrected chi connectivity index (χ1v) is 7.66. The number of nitrogens with one attached hydrogen (secondary N) is 1. The summed E-state index contributed by atoms with van der Waals surface area (Å²) in [5.41, 5.74) is 1.86. The number of hydrogen-bond donors (Lipinski definition) is 1. The highest BCUT2D eigenvalue weighted by atomic mass is 35.5. The van der Waals surface area contributed by atoms with E-state index in [-0.39, 0.29) is 0 Å². The second kappa shape index (κ2) is 7.96. The molecule has 0 saturated heterocycles. The lowest BCUT2D eigenvalue weighted by molar-refractivity contribution is 0.316. The number of anilines is 1. The van der Waals surface area contributed by atoms with Crippen molar-refractivity contribution in [2.45, 2.75) is 13.8 Å². The molecule has 0 radical (unpaired) electrons. The van der Waals surface area contributed by atoms with Gasteiger partial charge < -0.3 is 10.2 Å². The summed E-state index contributed by atoms with van der Waals surface area (Å²) in [6.07, 6.45) is 0. The second-order valence-corrected chi connectivity index (χ2v) is 5.20. The first kappa shape index (κ1) is 15.7. The van der Waals surface area contributed by atoms with Crippen molar-refractivity contribution in [1.29, 1.82) is 0 Å². The van der Waals surface area contributed by atoms with Crippen molar-refractivity contribution in [3.63, 3.8) is 0 Å². The van der Waals surface area contributed by atoms with E-state index in [0.717, 1.165) is 48.3 Å². The number of benzene rings is 1. The highest BCUT2D eigenvalue weighted by molar-refractivity contribution is 6.30. The molecule has 0 atom stereocenters. The molecule has 112 valence electrons. The number of halogens is 1. The van der Waals surface area contributed by atoms with Crippen LogP contribution < -0.4 is 5.32 Å². The van der Waals surface area contributed by atoms with Gasteiger partial charge in [-0.05, 0) is 37.4 Å². The fourth-order valence-electron chi connectivity index (χ4n) is 2.08. The Morgan fingerprint density at radius 2 is 1.71 bits per heavy atom. The molecule has 1 aromatic carbocycles. The molecule has 0 saturated carbocycles. The van der Waals surface area contributed by atoms with Gasteiger partial charge in [0.15, 0.2) is 0 Å². The number of hydrogen-bond acceptors (Lipinski definition) is 4. The van der Waals surface area contributed by atoms with Crippen molar-refractivity contribution in [3.05, 3.63) is 41.4 Å². The molecule has 0 bridgehead atoms. The van der Waals surface area contributed by atoms with Crippen molar-refractivity contribution in [2.75, 3.05) is 31.5 Å². The lowest BCUT2D eigenvalue weighted by Gasteiger charge is -2.18. The topological polar surface area (TPSA) is 41.0 Å². The Labute approximate surface area is 131 Å². The Hall–Kier alpha value is -1.65. The van der Waals surface area contributed by atoms with Crippen LogP contribution >= 0.6 is 11.6 Å². The van der Waals surface area contributed by atoms with Gasteiger partial charge in [-0.15, -0.1) is 10.2 Å². The van der Waals surface area contributed by atoms with Crippen LogP contribution in [0.2, 0.25) is 5.02 Å². The molecule has 5 heteroatoms. The van der Waals surface area contributed by atoms with E-state index in [4.69, 9.17) is 11.6 Å². The van der Waals surface area contributed by atoms with E-state index in [9.17, 15) is 0 Å². The highest BCUT2D eigenvalue weighted by Gasteiger charge is 2.02. The summed E-state index contributed by atoms with van der Waals surface area (Å²) in [5, 5.41) is 12.5. The zero-order chi connectivity index (χ0) is 15.1. The zero-order valence-electron chi connectivity index (χ0n) is 12.5. The van der Waals surface area contributed by atoms with Gasteiger partial charge >= 0.3 is 0 Å². The third-order valence-electron chi connectivity index (χ3n) is 3.43. The van der Waals surface area contributed by atoms with Crippen LogP contribution in [0.15, 0.2) is 36.4 Å². The van der Waals surface area contributed by atoms with Crippen LogP contribution in [0, 0.1) is 0 Å². The maximum atomic E-state index is 5.88. The maximum absolute atomic E-state index is 5.88. The minimum atomic E-state index is 0.724. The van der Waals surface area contributed by atoms with Crippen molar-refractivity contribution in [1.82, 2.24) is 15.1 Å². The predicted octanol–water partition coefficient (Wildman–Crippen LogP) is 3.55. The van der Waals surface area contributed by atoms with Gasteiger partial charge in [-0.25, -0.2) is 0 Å². The van der Waals surface area contributed by atoms with E-state index in [1.54, 1.807) is 0 Å². The standard InChI is InChI=1S/C16H21ClN4/c1-3-21(4-2)12-11-18-16-10-9-15(19-20-16)13-5-7-14(17)8-6-13/h5-10H,3-4,11-12H2,1-2H3,(H,18,20). The third kappa shape index (κ3) is 4.69. The average molecular weight is 305 g/mol. The number of likely N-dealkylation sites (N-methyl/N-ethyl adjacent to an activating group) is 1. The predicted molar refractivity (Wildman–Crippen MR) is 88.8 cm³/mol. The molecule has 4 nitrogen and oxygen atoms in total. The van der Waals surface area contributed by atoms with E-state index >= 15 is 0 Å². The molecule has 2 rings (SSSR count). The van der Waals surface area contributed by atoms with E-state index in [2.05, 4.69) is 34.3 Å². The summed E-state index contributed by atoms with van der Waals surface area (Å²) in [7, 11) is 0. The van der Waals surface area contributed by atoms with Crippen LogP contribution in [0.5, 0.6) is 0 Å². The fourth-order valence-corrected chi connectivity index (χ4v) is 2.21. The molecule has 0 spiro atoms. The monoisotopic (exact) mass is 304 g/mol. The first-order valence-electron chi connectivity index (χ1n) is 7.28. The SMILES string of the molecule is CCN(CC)CCNc1ccc(-c2ccc(Cl)cc2)nn1. The van der Waals surface area contributed by atoms with E-state index in [0.29, 0.717) is 0 Å². The Balaban J connectivity index is 1.91. The Bertz CT molecular complexity index is 535. The summed E-state index contributed by atoms with van der Waals surface area (Å²) in [6.45, 7) is 8.36. The van der Waals surface area contributed by atoms with Gasteiger partial charge in [0.05, 0.1) is 5.69 Å². The quantitative estimate of drug-likeness (QED) is 0.849. The first-order chi connectivity index (χ1) is 10.2. The summed E-state index contributed by atoms with van der Waals surface area (Å²) < 4.78 is 0. The van der Waals surface area contributed by atoms with Crippen molar-refractivity contribution in [3.8, 4) is 11.3 Å². The van der Waals surface area contributed by atoms with Crippen LogP contribution in [-0.4, -0.2) is 41.3 Å². The van der Waals surface area contributed by atoms with Crippen LogP contribution in [-0.2, 0) is 0 Å². The smallest absolute Gasteiger partial charge is 0.148 e. The van der Waals surface area contributed by atoms with Gasteiger partial charge in [-0.3, -0.25) is 0 Å². The van der Waals surface area contributed by atoms with Crippen LogP contribution in [0.3, 0.4) is 0 Å². The Morgan fingerprint density at radius 1 is 1.00 bits per heavy atom. The minimum absolute atomic E-state index is 0.724. The van der Waals surface area contributed by atoms with Crippen LogP contribution in [0.1, 0.15) is 13.8 Å². The molecule has 1 N–H and O–H groups in total. The Morgan fingerprint density at radius 3 is 2.29 bits per heavy atom. The summed E-state index contributed by atoms with van der Waals surface area (Å²) in [4.78, 5) is 2.36. The molecule has 21 heavy (non-hydrogen) atoms. The van der Waals surface area contributed by atoms with E-state index in [1.165, 1.54) is 0 Å². The number of aromatic nitrogens is 2. The maximum Gasteiger partial charge on any atom is 0.148 e. The van der Waals surface area contributed by atoms with Gasteiger partial charge in [-0.2, -0.15) is 0 Å². The molecular weight excluding hydrogens is 284 g/mol. The van der Waals surface area contributed by atoms with Crippen molar-refractivity contribution < 1.29 is 0 Å². The summed E-state index contributed by atoms with van der Waals surface area (Å²) in [5.74, 6) is 0.805. The lowest BCUT2D eigenvalue weighted by atomic mass is 10.1. The average Bonchev–Trinajstić information content (AvgIpc) is 2.53. The molecule has 2 aromatic rings. The van der Waals surface area contributed by atoms with Gasteiger partial charge in [0, 0.05) is 23.7 Å². The third-order valence-corrected chi connectivity index (χ3v) is 3.69. The normalized spacial score (nSPS) is 10.9. The lowest BCUT2D eigenvalue weighted by Crippen LogP contribution is -2.28. The largest absolute Gasteiger partial charge is 0.367 e. The molecule has 0 aliphatic rings. The number of nitrogens with zero attached hydrogens (tertiary/aromatic N) is 3. The molecule has 1 aromatic heterocycles.